The molecule has 0 spiro atoms. The van der Waals surface area contributed by atoms with E-state index < -0.39 is 10.0 Å². The van der Waals surface area contributed by atoms with E-state index in [4.69, 9.17) is 11.8 Å². The normalized spacial score (nSPS) is 11.2. The molecule has 0 saturated heterocycles. The minimum atomic E-state index is -3.24. The predicted octanol–water partition coefficient (Wildman–Crippen LogP) is 0.636. The van der Waals surface area contributed by atoms with E-state index in [2.05, 4.69) is 6.58 Å². The number of nitrogens with one attached hydrogen (secondary N) is 1. The second-order valence-electron chi connectivity index (χ2n) is 1.47. The maximum absolute atomic E-state index is 10.5. The summed E-state index contributed by atoms with van der Waals surface area (Å²) in [5, 5.41) is 0. The van der Waals surface area contributed by atoms with Crippen molar-refractivity contribution in [1.29, 1.82) is 0 Å². The molecule has 0 bridgehead atoms. The van der Waals surface area contributed by atoms with Crippen molar-refractivity contribution in [3.8, 4) is 0 Å². The molecule has 0 saturated carbocycles. The Morgan fingerprint density at radius 1 is 1.67 bits per heavy atom. The van der Waals surface area contributed by atoms with E-state index in [9.17, 15) is 8.42 Å². The number of hydrogen-bond donors (Lipinski definition) is 1. The number of halogens is 1. The Balaban J connectivity index is 3.74. The predicted molar refractivity (Wildman–Crippen MR) is 37.6 cm³/mol. The highest BCUT2D eigenvalue weighted by Crippen LogP contribution is 1.89. The van der Waals surface area contributed by atoms with Crippen molar-refractivity contribution in [1.82, 2.24) is 4.24 Å². The molecule has 5 heteroatoms. The number of hydrogen-bond acceptors (Lipinski definition) is 2. The lowest BCUT2D eigenvalue weighted by Gasteiger charge is -1.94. The summed E-state index contributed by atoms with van der Waals surface area (Å²) in [7, 11) is -3.24. The van der Waals surface area contributed by atoms with Crippen molar-refractivity contribution >= 4 is 21.8 Å². The van der Waals surface area contributed by atoms with Gasteiger partial charge in [0.2, 0.25) is 10.0 Å². The molecular weight excluding hydrogens is 162 g/mol. The molecule has 9 heavy (non-hydrogen) atoms. The lowest BCUT2D eigenvalue weighted by atomic mass is 10.5. The minimum Gasteiger partial charge on any atom is -0.211 e. The van der Waals surface area contributed by atoms with Crippen molar-refractivity contribution in [2.45, 2.75) is 6.42 Å². The summed E-state index contributed by atoms with van der Waals surface area (Å²) >= 11 is 4.86. The molecule has 0 atom stereocenters. The maximum Gasteiger partial charge on any atom is 0.225 e. The standard InChI is InChI=1S/C4H8ClNO2S/c1-2-3-4-9(7,8)6-5/h2,6H,1,3-4H2. The maximum atomic E-state index is 10.5. The van der Waals surface area contributed by atoms with Gasteiger partial charge in [0.05, 0.1) is 5.75 Å². The molecule has 3 nitrogen and oxygen atoms in total. The Labute approximate surface area is 59.9 Å². The van der Waals surface area contributed by atoms with Crippen LogP contribution < -0.4 is 4.24 Å². The van der Waals surface area contributed by atoms with Gasteiger partial charge in [-0.1, -0.05) is 6.08 Å². The Bertz CT molecular complexity index is 175. The van der Waals surface area contributed by atoms with Crippen LogP contribution in [0, 0.1) is 0 Å². The molecule has 0 fully saturated rings. The van der Waals surface area contributed by atoms with E-state index in [-0.39, 0.29) is 5.75 Å². The number of allylic oxidation sites excluding steroid dienone is 1. The summed E-state index contributed by atoms with van der Waals surface area (Å²) in [6.45, 7) is 3.36. The van der Waals surface area contributed by atoms with E-state index in [1.54, 1.807) is 4.24 Å². The van der Waals surface area contributed by atoms with Gasteiger partial charge >= 0.3 is 0 Å². The molecule has 54 valence electrons. The first-order chi connectivity index (χ1) is 4.12. The average Bonchev–Trinajstić information content (AvgIpc) is 1.84. The molecule has 0 aromatic rings. The van der Waals surface area contributed by atoms with E-state index in [0.29, 0.717) is 6.42 Å². The van der Waals surface area contributed by atoms with Crippen LogP contribution in [-0.2, 0) is 10.0 Å². The van der Waals surface area contributed by atoms with Gasteiger partial charge in [-0.15, -0.1) is 10.8 Å². The van der Waals surface area contributed by atoms with Crippen LogP contribution in [0.5, 0.6) is 0 Å². The highest BCUT2D eigenvalue weighted by molar-refractivity contribution is 7.90. The lowest BCUT2D eigenvalue weighted by Crippen LogP contribution is -2.16. The summed E-state index contributed by atoms with van der Waals surface area (Å²) in [4.78, 5) is 0. The third kappa shape index (κ3) is 4.44. The van der Waals surface area contributed by atoms with E-state index in [1.807, 2.05) is 0 Å². The van der Waals surface area contributed by atoms with Crippen LogP contribution in [0.2, 0.25) is 0 Å². The van der Waals surface area contributed by atoms with Crippen molar-refractivity contribution in [2.75, 3.05) is 5.75 Å². The molecule has 0 heterocycles. The molecule has 0 aliphatic heterocycles. The third-order valence-corrected chi connectivity index (χ3v) is 2.42. The van der Waals surface area contributed by atoms with Gasteiger partial charge in [0.25, 0.3) is 0 Å². The quantitative estimate of drug-likeness (QED) is 0.496. The number of sulfonamides is 1. The summed E-state index contributed by atoms with van der Waals surface area (Å²) in [5.41, 5.74) is 0. The van der Waals surface area contributed by atoms with Crippen molar-refractivity contribution in [3.05, 3.63) is 12.7 Å². The fourth-order valence-corrected chi connectivity index (χ4v) is 1.06. The van der Waals surface area contributed by atoms with Gasteiger partial charge in [-0.2, -0.15) is 0 Å². The van der Waals surface area contributed by atoms with E-state index >= 15 is 0 Å². The van der Waals surface area contributed by atoms with Crippen LogP contribution in [0.1, 0.15) is 6.42 Å². The van der Waals surface area contributed by atoms with Crippen LogP contribution in [0.25, 0.3) is 0 Å². The molecule has 0 aliphatic rings. The Morgan fingerprint density at radius 2 is 2.22 bits per heavy atom. The Hall–Kier alpha value is -0.0600. The Morgan fingerprint density at radius 3 is 2.56 bits per heavy atom. The third-order valence-electron chi connectivity index (χ3n) is 0.708. The highest BCUT2D eigenvalue weighted by Gasteiger charge is 2.04. The fourth-order valence-electron chi connectivity index (χ4n) is 0.277. The summed E-state index contributed by atoms with van der Waals surface area (Å²) in [6, 6.07) is 0. The van der Waals surface area contributed by atoms with Crippen LogP contribution in [0.4, 0.5) is 0 Å². The van der Waals surface area contributed by atoms with Gasteiger partial charge in [-0.3, -0.25) is 0 Å². The SMILES string of the molecule is C=CCCS(=O)(=O)NCl. The molecule has 0 amide bonds. The summed E-state index contributed by atoms with van der Waals surface area (Å²) < 4.78 is 22.6. The van der Waals surface area contributed by atoms with Crippen LogP contribution in [0.15, 0.2) is 12.7 Å². The molecule has 0 unspecified atom stereocenters. The van der Waals surface area contributed by atoms with Crippen LogP contribution in [0.3, 0.4) is 0 Å². The van der Waals surface area contributed by atoms with Gasteiger partial charge in [0, 0.05) is 0 Å². The van der Waals surface area contributed by atoms with Gasteiger partial charge in [-0.25, -0.2) is 8.42 Å². The van der Waals surface area contributed by atoms with Gasteiger partial charge in [0.1, 0.15) is 0 Å². The monoisotopic (exact) mass is 169 g/mol. The molecule has 0 aliphatic carbocycles. The van der Waals surface area contributed by atoms with Crippen molar-refractivity contribution in [3.63, 3.8) is 0 Å². The van der Waals surface area contributed by atoms with Gasteiger partial charge < -0.3 is 0 Å². The topological polar surface area (TPSA) is 46.2 Å². The van der Waals surface area contributed by atoms with E-state index in [1.165, 1.54) is 6.08 Å². The highest BCUT2D eigenvalue weighted by atomic mass is 35.5. The fraction of sp³-hybridized carbons (Fsp3) is 0.500. The molecule has 0 rings (SSSR count). The second-order valence-corrected chi connectivity index (χ2v) is 3.73. The zero-order valence-corrected chi connectivity index (χ0v) is 6.37. The first-order valence-corrected chi connectivity index (χ1v) is 4.36. The first kappa shape index (κ1) is 8.94. The first-order valence-electron chi connectivity index (χ1n) is 2.33. The van der Waals surface area contributed by atoms with Crippen molar-refractivity contribution in [2.24, 2.45) is 0 Å². The number of rotatable bonds is 4. The average molecular weight is 170 g/mol. The van der Waals surface area contributed by atoms with E-state index in [0.717, 1.165) is 0 Å². The summed E-state index contributed by atoms with van der Waals surface area (Å²) in [5.74, 6) is -0.000000000000000222. The molecule has 0 aromatic heterocycles. The van der Waals surface area contributed by atoms with Crippen LogP contribution >= 0.6 is 11.8 Å². The molecule has 0 aromatic carbocycles. The zero-order chi connectivity index (χ0) is 7.33. The molecule has 1 N–H and O–H groups in total. The smallest absolute Gasteiger partial charge is 0.211 e. The Kier molecular flexibility index (Phi) is 3.84. The van der Waals surface area contributed by atoms with Crippen molar-refractivity contribution < 1.29 is 8.42 Å². The van der Waals surface area contributed by atoms with Gasteiger partial charge in [0.15, 0.2) is 0 Å². The molecule has 0 radical (unpaired) electrons. The summed E-state index contributed by atoms with van der Waals surface area (Å²) in [6.07, 6.45) is 1.94. The minimum absolute atomic E-state index is 0.000000000000000222. The lowest BCUT2D eigenvalue weighted by molar-refractivity contribution is 0.593. The molecular formula is C4H8ClNO2S. The van der Waals surface area contributed by atoms with Gasteiger partial charge in [-0.05, 0) is 18.2 Å². The zero-order valence-electron chi connectivity index (χ0n) is 4.80. The van der Waals surface area contributed by atoms with Crippen LogP contribution in [-0.4, -0.2) is 14.2 Å². The second kappa shape index (κ2) is 3.87. The largest absolute Gasteiger partial charge is 0.225 e.